The van der Waals surface area contributed by atoms with Crippen LogP contribution in [0.25, 0.3) is 0 Å². The lowest BCUT2D eigenvalue weighted by atomic mass is 9.79. The third-order valence-corrected chi connectivity index (χ3v) is 3.93. The molecule has 98 valence electrons. The molecule has 1 heterocycles. The molecule has 18 heavy (non-hydrogen) atoms. The molecule has 1 aromatic rings. The number of aliphatic carboxylic acids is 1. The van der Waals surface area contributed by atoms with Crippen molar-refractivity contribution in [2.45, 2.75) is 51.6 Å². The molecule has 0 aliphatic carbocycles. The Morgan fingerprint density at radius 1 is 1.44 bits per heavy atom. The van der Waals surface area contributed by atoms with Crippen LogP contribution in [0.5, 0.6) is 0 Å². The fraction of sp³-hybridized carbons (Fsp3) is 0.533. The van der Waals surface area contributed by atoms with Gasteiger partial charge in [0.2, 0.25) is 0 Å². The van der Waals surface area contributed by atoms with Gasteiger partial charge in [0, 0.05) is 11.2 Å². The number of benzene rings is 1. The molecular weight excluding hydrogens is 226 g/mol. The number of fused-ring (bicyclic) bond motifs is 1. The van der Waals surface area contributed by atoms with E-state index in [2.05, 4.69) is 26.8 Å². The van der Waals surface area contributed by atoms with Crippen LogP contribution in [0.4, 0.5) is 5.69 Å². The van der Waals surface area contributed by atoms with E-state index < -0.39 is 12.0 Å². The highest BCUT2D eigenvalue weighted by Crippen LogP contribution is 2.44. The van der Waals surface area contributed by atoms with Gasteiger partial charge < -0.3 is 10.0 Å². The maximum Gasteiger partial charge on any atom is 0.326 e. The Hall–Kier alpha value is -1.51. The monoisotopic (exact) mass is 247 g/mol. The van der Waals surface area contributed by atoms with Crippen molar-refractivity contribution in [3.8, 4) is 0 Å². The van der Waals surface area contributed by atoms with Crippen molar-refractivity contribution in [3.05, 3.63) is 29.8 Å². The lowest BCUT2D eigenvalue weighted by Crippen LogP contribution is -2.55. The molecule has 0 saturated heterocycles. The van der Waals surface area contributed by atoms with Gasteiger partial charge in [-0.15, -0.1) is 0 Å². The number of rotatable bonds is 2. The fourth-order valence-electron chi connectivity index (χ4n) is 3.25. The zero-order chi connectivity index (χ0) is 13.5. The van der Waals surface area contributed by atoms with Gasteiger partial charge in [-0.25, -0.2) is 4.79 Å². The molecule has 0 unspecified atom stereocenters. The Kier molecular flexibility index (Phi) is 3.09. The average molecular weight is 247 g/mol. The Morgan fingerprint density at radius 3 is 2.67 bits per heavy atom. The lowest BCUT2D eigenvalue weighted by Gasteiger charge is -2.49. The van der Waals surface area contributed by atoms with Gasteiger partial charge in [0.05, 0.1) is 0 Å². The summed E-state index contributed by atoms with van der Waals surface area (Å²) in [5, 5.41) is 9.32. The topological polar surface area (TPSA) is 40.5 Å². The highest BCUT2D eigenvalue weighted by molar-refractivity contribution is 5.79. The van der Waals surface area contributed by atoms with E-state index in [1.54, 1.807) is 6.92 Å². The number of hydrogen-bond acceptors (Lipinski definition) is 2. The van der Waals surface area contributed by atoms with Crippen LogP contribution in [-0.4, -0.2) is 22.7 Å². The normalized spacial score (nSPS) is 23.3. The van der Waals surface area contributed by atoms with E-state index in [-0.39, 0.29) is 5.54 Å². The maximum atomic E-state index is 11.3. The van der Waals surface area contributed by atoms with Crippen LogP contribution in [0.2, 0.25) is 0 Å². The van der Waals surface area contributed by atoms with Crippen LogP contribution < -0.4 is 4.90 Å². The van der Waals surface area contributed by atoms with Crippen molar-refractivity contribution < 1.29 is 9.90 Å². The van der Waals surface area contributed by atoms with Gasteiger partial charge in [0.25, 0.3) is 0 Å². The first kappa shape index (κ1) is 12.9. The van der Waals surface area contributed by atoms with Gasteiger partial charge in [0.1, 0.15) is 6.04 Å². The first-order valence-electron chi connectivity index (χ1n) is 6.45. The SMILES string of the molecule is C[C@H](C(=O)O)N1c2ccccc2[C@@H](C)CC1(C)C. The van der Waals surface area contributed by atoms with E-state index in [0.29, 0.717) is 5.92 Å². The largest absolute Gasteiger partial charge is 0.480 e. The Morgan fingerprint density at radius 2 is 2.06 bits per heavy atom. The Bertz CT molecular complexity index is 467. The number of para-hydroxylation sites is 1. The molecule has 0 saturated carbocycles. The van der Waals surface area contributed by atoms with Crippen molar-refractivity contribution in [1.29, 1.82) is 0 Å². The Balaban J connectivity index is 2.55. The third-order valence-electron chi connectivity index (χ3n) is 3.93. The number of carboxylic acids is 1. The molecule has 0 spiro atoms. The van der Waals surface area contributed by atoms with Gasteiger partial charge in [-0.05, 0) is 44.7 Å². The molecule has 0 radical (unpaired) electrons. The number of carboxylic acid groups (broad SMARTS) is 1. The zero-order valence-electron chi connectivity index (χ0n) is 11.5. The van der Waals surface area contributed by atoms with E-state index in [4.69, 9.17) is 0 Å². The molecule has 0 bridgehead atoms. The van der Waals surface area contributed by atoms with Gasteiger partial charge in [-0.1, -0.05) is 25.1 Å². The van der Waals surface area contributed by atoms with Crippen LogP contribution in [0.1, 0.15) is 45.6 Å². The van der Waals surface area contributed by atoms with Gasteiger partial charge >= 0.3 is 5.97 Å². The Labute approximate surface area is 108 Å². The van der Waals surface area contributed by atoms with Gasteiger partial charge in [0.15, 0.2) is 0 Å². The summed E-state index contributed by atoms with van der Waals surface area (Å²) in [6, 6.07) is 7.64. The van der Waals surface area contributed by atoms with E-state index in [1.165, 1.54) is 5.56 Å². The van der Waals surface area contributed by atoms with Crippen molar-refractivity contribution in [2.75, 3.05) is 4.90 Å². The van der Waals surface area contributed by atoms with Gasteiger partial charge in [-0.2, -0.15) is 0 Å². The van der Waals surface area contributed by atoms with Crippen LogP contribution in [-0.2, 0) is 4.79 Å². The molecule has 3 nitrogen and oxygen atoms in total. The summed E-state index contributed by atoms with van der Waals surface area (Å²) >= 11 is 0. The van der Waals surface area contributed by atoms with E-state index in [0.717, 1.165) is 12.1 Å². The summed E-state index contributed by atoms with van der Waals surface area (Å²) in [4.78, 5) is 13.4. The minimum atomic E-state index is -0.771. The number of hydrogen-bond donors (Lipinski definition) is 1. The summed E-state index contributed by atoms with van der Waals surface area (Å²) in [7, 11) is 0. The predicted octanol–water partition coefficient (Wildman–Crippen LogP) is 3.25. The van der Waals surface area contributed by atoms with Crippen molar-refractivity contribution in [2.24, 2.45) is 0 Å². The number of nitrogens with zero attached hydrogens (tertiary/aromatic N) is 1. The lowest BCUT2D eigenvalue weighted by molar-refractivity contribution is -0.138. The van der Waals surface area contributed by atoms with Gasteiger partial charge in [-0.3, -0.25) is 0 Å². The molecule has 2 atom stereocenters. The number of carbonyl (C=O) groups is 1. The molecule has 1 N–H and O–H groups in total. The van der Waals surface area contributed by atoms with Crippen LogP contribution in [0.3, 0.4) is 0 Å². The van der Waals surface area contributed by atoms with E-state index in [9.17, 15) is 9.90 Å². The summed E-state index contributed by atoms with van der Waals surface area (Å²) in [6.45, 7) is 8.22. The quantitative estimate of drug-likeness (QED) is 0.872. The average Bonchev–Trinajstić information content (AvgIpc) is 2.27. The molecule has 0 fully saturated rings. The van der Waals surface area contributed by atoms with Crippen LogP contribution >= 0.6 is 0 Å². The summed E-state index contributed by atoms with van der Waals surface area (Å²) < 4.78 is 0. The zero-order valence-corrected chi connectivity index (χ0v) is 11.5. The second-order valence-corrected chi connectivity index (χ2v) is 5.86. The smallest absolute Gasteiger partial charge is 0.326 e. The first-order valence-corrected chi connectivity index (χ1v) is 6.45. The first-order chi connectivity index (χ1) is 8.34. The van der Waals surface area contributed by atoms with Crippen molar-refractivity contribution in [3.63, 3.8) is 0 Å². The van der Waals surface area contributed by atoms with E-state index in [1.807, 2.05) is 23.1 Å². The third kappa shape index (κ3) is 1.98. The molecule has 1 aromatic carbocycles. The predicted molar refractivity (Wildman–Crippen MR) is 73.1 cm³/mol. The molecule has 1 aliphatic heterocycles. The minimum Gasteiger partial charge on any atom is -0.480 e. The summed E-state index contributed by atoms with van der Waals surface area (Å²) in [6.07, 6.45) is 0.974. The van der Waals surface area contributed by atoms with Crippen molar-refractivity contribution >= 4 is 11.7 Å². The standard InChI is InChI=1S/C15H21NO2/c1-10-9-15(3,4)16(11(2)14(17)18)13-8-6-5-7-12(10)13/h5-8,10-11H,9H2,1-4H3,(H,17,18)/t10-,11+/m0/s1. The summed E-state index contributed by atoms with van der Waals surface area (Å²) in [5.74, 6) is -0.305. The highest BCUT2D eigenvalue weighted by atomic mass is 16.4. The number of anilines is 1. The maximum absolute atomic E-state index is 11.3. The second-order valence-electron chi connectivity index (χ2n) is 5.86. The van der Waals surface area contributed by atoms with Crippen LogP contribution in [0, 0.1) is 0 Å². The van der Waals surface area contributed by atoms with E-state index >= 15 is 0 Å². The molecular formula is C15H21NO2. The van der Waals surface area contributed by atoms with Crippen molar-refractivity contribution in [1.82, 2.24) is 0 Å². The molecule has 1 aliphatic rings. The summed E-state index contributed by atoms with van der Waals surface area (Å²) in [5.41, 5.74) is 2.19. The van der Waals surface area contributed by atoms with Crippen LogP contribution in [0.15, 0.2) is 24.3 Å². The second kappa shape index (κ2) is 4.30. The molecule has 0 aromatic heterocycles. The highest BCUT2D eigenvalue weighted by Gasteiger charge is 2.40. The molecule has 2 rings (SSSR count). The minimum absolute atomic E-state index is 0.133. The molecule has 3 heteroatoms. The molecule has 0 amide bonds. The fourth-order valence-corrected chi connectivity index (χ4v) is 3.25.